The van der Waals surface area contributed by atoms with Crippen molar-refractivity contribution in [3.8, 4) is 0 Å². The molecular formula is C11H23NO2. The second-order valence-electron chi connectivity index (χ2n) is 4.51. The van der Waals surface area contributed by atoms with Crippen LogP contribution in [0, 0.1) is 5.92 Å². The van der Waals surface area contributed by atoms with E-state index in [1.807, 2.05) is 0 Å². The van der Waals surface area contributed by atoms with Crippen molar-refractivity contribution in [2.45, 2.75) is 39.3 Å². The quantitative estimate of drug-likeness (QED) is 0.730. The second kappa shape index (κ2) is 6.38. The summed E-state index contributed by atoms with van der Waals surface area (Å²) in [5.74, 6) is 0.751. The molecule has 84 valence electrons. The molecule has 3 heteroatoms. The van der Waals surface area contributed by atoms with Crippen molar-refractivity contribution in [1.29, 1.82) is 0 Å². The number of nitrogens with one attached hydrogen (secondary N) is 1. The SMILES string of the molecule is CC(C)CC(C)NCC1COCCO1. The topological polar surface area (TPSA) is 30.5 Å². The van der Waals surface area contributed by atoms with E-state index in [4.69, 9.17) is 9.47 Å². The van der Waals surface area contributed by atoms with Crippen LogP contribution in [-0.4, -0.2) is 38.5 Å². The van der Waals surface area contributed by atoms with Crippen LogP contribution in [0.1, 0.15) is 27.2 Å². The molecule has 2 unspecified atom stereocenters. The van der Waals surface area contributed by atoms with Gasteiger partial charge >= 0.3 is 0 Å². The molecule has 0 aromatic heterocycles. The van der Waals surface area contributed by atoms with Crippen molar-refractivity contribution in [2.75, 3.05) is 26.4 Å². The zero-order valence-corrected chi connectivity index (χ0v) is 9.58. The lowest BCUT2D eigenvalue weighted by Gasteiger charge is -2.25. The Kier molecular flexibility index (Phi) is 5.45. The van der Waals surface area contributed by atoms with Gasteiger partial charge in [0.25, 0.3) is 0 Å². The van der Waals surface area contributed by atoms with E-state index in [0.29, 0.717) is 6.04 Å². The minimum atomic E-state index is 0.248. The Morgan fingerprint density at radius 1 is 1.29 bits per heavy atom. The van der Waals surface area contributed by atoms with Gasteiger partial charge in [0, 0.05) is 12.6 Å². The van der Waals surface area contributed by atoms with Gasteiger partial charge in [-0.15, -0.1) is 0 Å². The minimum Gasteiger partial charge on any atom is -0.376 e. The summed E-state index contributed by atoms with van der Waals surface area (Å²) in [5.41, 5.74) is 0. The summed E-state index contributed by atoms with van der Waals surface area (Å²) in [4.78, 5) is 0. The van der Waals surface area contributed by atoms with E-state index in [1.54, 1.807) is 0 Å². The van der Waals surface area contributed by atoms with E-state index < -0.39 is 0 Å². The number of ether oxygens (including phenoxy) is 2. The average Bonchev–Trinajstić information content (AvgIpc) is 2.15. The van der Waals surface area contributed by atoms with Gasteiger partial charge in [0.05, 0.1) is 25.9 Å². The maximum Gasteiger partial charge on any atom is 0.0933 e. The highest BCUT2D eigenvalue weighted by Gasteiger charge is 2.15. The van der Waals surface area contributed by atoms with Crippen LogP contribution in [-0.2, 0) is 9.47 Å². The van der Waals surface area contributed by atoms with Crippen LogP contribution < -0.4 is 5.32 Å². The monoisotopic (exact) mass is 201 g/mol. The Morgan fingerprint density at radius 3 is 2.64 bits per heavy atom. The van der Waals surface area contributed by atoms with E-state index >= 15 is 0 Å². The fraction of sp³-hybridized carbons (Fsp3) is 1.00. The van der Waals surface area contributed by atoms with Gasteiger partial charge in [0.2, 0.25) is 0 Å². The molecule has 1 rings (SSSR count). The summed E-state index contributed by atoms with van der Waals surface area (Å²) in [6, 6.07) is 0.570. The number of hydrogen-bond donors (Lipinski definition) is 1. The first kappa shape index (κ1) is 12.0. The molecule has 0 bridgehead atoms. The van der Waals surface area contributed by atoms with Gasteiger partial charge in [-0.2, -0.15) is 0 Å². The molecule has 1 N–H and O–H groups in total. The predicted molar refractivity (Wildman–Crippen MR) is 57.5 cm³/mol. The smallest absolute Gasteiger partial charge is 0.0933 e. The molecule has 1 aliphatic rings. The first-order valence-corrected chi connectivity index (χ1v) is 5.61. The van der Waals surface area contributed by atoms with Crippen molar-refractivity contribution in [1.82, 2.24) is 5.32 Å². The van der Waals surface area contributed by atoms with Crippen LogP contribution in [0.15, 0.2) is 0 Å². The molecule has 0 amide bonds. The summed E-state index contributed by atoms with van der Waals surface area (Å²) >= 11 is 0. The lowest BCUT2D eigenvalue weighted by atomic mass is 10.1. The third-order valence-electron chi connectivity index (χ3n) is 2.40. The van der Waals surface area contributed by atoms with Crippen LogP contribution in [0.5, 0.6) is 0 Å². The van der Waals surface area contributed by atoms with Gasteiger partial charge in [0.15, 0.2) is 0 Å². The average molecular weight is 201 g/mol. The summed E-state index contributed by atoms with van der Waals surface area (Å²) in [6.45, 7) is 9.86. The fourth-order valence-corrected chi connectivity index (χ4v) is 1.78. The predicted octanol–water partition coefficient (Wildman–Crippen LogP) is 1.43. The third-order valence-corrected chi connectivity index (χ3v) is 2.40. The maximum absolute atomic E-state index is 5.55. The van der Waals surface area contributed by atoms with Crippen LogP contribution >= 0.6 is 0 Å². The lowest BCUT2D eigenvalue weighted by molar-refractivity contribution is -0.0870. The van der Waals surface area contributed by atoms with Gasteiger partial charge in [0.1, 0.15) is 0 Å². The maximum atomic E-state index is 5.55. The second-order valence-corrected chi connectivity index (χ2v) is 4.51. The molecule has 3 nitrogen and oxygen atoms in total. The fourth-order valence-electron chi connectivity index (χ4n) is 1.78. The number of rotatable bonds is 5. The molecule has 1 heterocycles. The molecule has 2 atom stereocenters. The summed E-state index contributed by atoms with van der Waals surface area (Å²) in [6.07, 6.45) is 1.46. The van der Waals surface area contributed by atoms with Gasteiger partial charge in [-0.25, -0.2) is 0 Å². The van der Waals surface area contributed by atoms with Gasteiger partial charge in [-0.3, -0.25) is 0 Å². The molecule has 1 aliphatic heterocycles. The number of hydrogen-bond acceptors (Lipinski definition) is 3. The van der Waals surface area contributed by atoms with E-state index in [9.17, 15) is 0 Å². The van der Waals surface area contributed by atoms with E-state index in [0.717, 1.165) is 32.3 Å². The molecule has 0 aliphatic carbocycles. The van der Waals surface area contributed by atoms with Gasteiger partial charge in [-0.05, 0) is 19.3 Å². The molecule has 0 spiro atoms. The van der Waals surface area contributed by atoms with Crippen molar-refractivity contribution in [3.63, 3.8) is 0 Å². The van der Waals surface area contributed by atoms with E-state index in [2.05, 4.69) is 26.1 Å². The normalized spacial score (nSPS) is 25.3. The Labute approximate surface area is 87.2 Å². The van der Waals surface area contributed by atoms with Crippen LogP contribution in [0.25, 0.3) is 0 Å². The van der Waals surface area contributed by atoms with Crippen molar-refractivity contribution in [3.05, 3.63) is 0 Å². The van der Waals surface area contributed by atoms with Crippen molar-refractivity contribution >= 4 is 0 Å². The largest absolute Gasteiger partial charge is 0.376 e. The Bertz CT molecular complexity index is 144. The Balaban J connectivity index is 2.06. The van der Waals surface area contributed by atoms with Crippen LogP contribution in [0.3, 0.4) is 0 Å². The first-order valence-electron chi connectivity index (χ1n) is 5.61. The van der Waals surface area contributed by atoms with E-state index in [1.165, 1.54) is 6.42 Å². The summed E-state index contributed by atoms with van der Waals surface area (Å²) < 4.78 is 10.9. The molecular weight excluding hydrogens is 178 g/mol. The highest BCUT2D eigenvalue weighted by Crippen LogP contribution is 2.05. The molecule has 1 fully saturated rings. The molecule has 1 saturated heterocycles. The van der Waals surface area contributed by atoms with Gasteiger partial charge < -0.3 is 14.8 Å². The third kappa shape index (κ3) is 4.94. The van der Waals surface area contributed by atoms with Crippen LogP contribution in [0.4, 0.5) is 0 Å². The molecule has 0 saturated carbocycles. The summed E-state index contributed by atoms with van der Waals surface area (Å²) in [7, 11) is 0. The minimum absolute atomic E-state index is 0.248. The van der Waals surface area contributed by atoms with Crippen molar-refractivity contribution < 1.29 is 9.47 Å². The molecule has 0 radical (unpaired) electrons. The first-order chi connectivity index (χ1) is 6.68. The summed E-state index contributed by atoms with van der Waals surface area (Å²) in [5, 5.41) is 3.48. The van der Waals surface area contributed by atoms with Crippen molar-refractivity contribution in [2.24, 2.45) is 5.92 Å². The Hall–Kier alpha value is -0.120. The lowest BCUT2D eigenvalue weighted by Crippen LogP contribution is -2.40. The van der Waals surface area contributed by atoms with Crippen LogP contribution in [0.2, 0.25) is 0 Å². The standard InChI is InChI=1S/C11H23NO2/c1-9(2)6-10(3)12-7-11-8-13-4-5-14-11/h9-12H,4-8H2,1-3H3. The van der Waals surface area contributed by atoms with Gasteiger partial charge in [-0.1, -0.05) is 13.8 Å². The Morgan fingerprint density at radius 2 is 2.07 bits per heavy atom. The highest BCUT2D eigenvalue weighted by molar-refractivity contribution is 4.69. The zero-order valence-electron chi connectivity index (χ0n) is 9.58. The van der Waals surface area contributed by atoms with E-state index in [-0.39, 0.29) is 6.10 Å². The molecule has 0 aromatic carbocycles. The molecule has 14 heavy (non-hydrogen) atoms. The zero-order chi connectivity index (χ0) is 10.4. The highest BCUT2D eigenvalue weighted by atomic mass is 16.6. The molecule has 0 aromatic rings.